The van der Waals surface area contributed by atoms with Gasteiger partial charge in [0, 0.05) is 38.6 Å². The van der Waals surface area contributed by atoms with Crippen LogP contribution in [0.4, 0.5) is 5.69 Å². The van der Waals surface area contributed by atoms with Crippen molar-refractivity contribution in [3.63, 3.8) is 0 Å². The lowest BCUT2D eigenvalue weighted by molar-refractivity contribution is -0.126. The Kier molecular flexibility index (Phi) is 7.53. The van der Waals surface area contributed by atoms with Crippen LogP contribution in [0, 0.1) is 0 Å². The van der Waals surface area contributed by atoms with Gasteiger partial charge in [-0.05, 0) is 31.0 Å². The molecular formula is C24H33N3O2. The molecular weight excluding hydrogens is 362 g/mol. The maximum absolute atomic E-state index is 12.8. The van der Waals surface area contributed by atoms with Crippen LogP contribution in [0.25, 0.3) is 0 Å². The average molecular weight is 396 g/mol. The number of para-hydroxylation sites is 2. The topological polar surface area (TPSA) is 44.8 Å². The minimum Gasteiger partial charge on any atom is -0.495 e. The van der Waals surface area contributed by atoms with Crippen LogP contribution in [0.3, 0.4) is 0 Å². The third-order valence-electron chi connectivity index (χ3n) is 5.95. The number of nitrogens with zero attached hydrogens (tertiary/aromatic N) is 2. The van der Waals surface area contributed by atoms with Gasteiger partial charge in [0.1, 0.15) is 5.75 Å². The maximum Gasteiger partial charge on any atom is 0.237 e. The number of carbonyl (C=O) groups excluding carboxylic acids is 1. The number of methoxy groups -OCH3 is 1. The van der Waals surface area contributed by atoms with Gasteiger partial charge in [-0.25, -0.2) is 0 Å². The van der Waals surface area contributed by atoms with Gasteiger partial charge >= 0.3 is 0 Å². The van der Waals surface area contributed by atoms with Gasteiger partial charge in [0.15, 0.2) is 0 Å². The second kappa shape index (κ2) is 10.3. The number of nitrogens with one attached hydrogen (secondary N) is 1. The van der Waals surface area contributed by atoms with E-state index in [0.29, 0.717) is 12.5 Å². The van der Waals surface area contributed by atoms with E-state index in [1.165, 1.54) is 5.56 Å². The molecule has 1 aliphatic heterocycles. The van der Waals surface area contributed by atoms with Crippen molar-refractivity contribution in [2.45, 2.75) is 32.2 Å². The van der Waals surface area contributed by atoms with Crippen LogP contribution >= 0.6 is 0 Å². The van der Waals surface area contributed by atoms with Gasteiger partial charge < -0.3 is 15.0 Å². The highest BCUT2D eigenvalue weighted by atomic mass is 16.5. The molecule has 2 atom stereocenters. The summed E-state index contributed by atoms with van der Waals surface area (Å²) in [5, 5.41) is 3.18. The minimum atomic E-state index is -0.122. The Morgan fingerprint density at radius 1 is 1.03 bits per heavy atom. The van der Waals surface area contributed by atoms with Gasteiger partial charge in [-0.1, -0.05) is 49.4 Å². The molecule has 1 amide bonds. The largest absolute Gasteiger partial charge is 0.495 e. The Labute approximate surface area is 174 Å². The van der Waals surface area contributed by atoms with Crippen LogP contribution in [0.1, 0.15) is 31.7 Å². The predicted molar refractivity (Wildman–Crippen MR) is 119 cm³/mol. The van der Waals surface area contributed by atoms with Gasteiger partial charge in [-0.2, -0.15) is 0 Å². The number of ether oxygens (including phenoxy) is 1. The fraction of sp³-hybridized carbons (Fsp3) is 0.458. The van der Waals surface area contributed by atoms with Gasteiger partial charge in [0.05, 0.1) is 18.8 Å². The lowest BCUT2D eigenvalue weighted by Gasteiger charge is -2.39. The minimum absolute atomic E-state index is 0.116. The Bertz CT molecular complexity index is 773. The highest BCUT2D eigenvalue weighted by Crippen LogP contribution is 2.28. The number of anilines is 1. The van der Waals surface area contributed by atoms with E-state index in [4.69, 9.17) is 4.74 Å². The average Bonchev–Trinajstić information content (AvgIpc) is 2.79. The molecule has 2 aromatic carbocycles. The van der Waals surface area contributed by atoms with Gasteiger partial charge in [-0.3, -0.25) is 9.69 Å². The van der Waals surface area contributed by atoms with Crippen molar-refractivity contribution in [3.8, 4) is 5.75 Å². The standard InChI is InChI=1S/C24H33N3O2/c1-4-20(21-10-6-5-7-11-21)18-25-24(28)19(2)26-14-16-27(17-15-26)22-12-8-9-13-23(22)29-3/h5-13,19-20H,4,14-18H2,1-3H3,(H,25,28)/t19-,20+/m0/s1. The molecule has 1 saturated heterocycles. The smallest absolute Gasteiger partial charge is 0.237 e. The van der Waals surface area contributed by atoms with E-state index in [1.807, 2.05) is 31.2 Å². The molecule has 1 fully saturated rings. The SMILES string of the molecule is CC[C@H](CNC(=O)[C@H](C)N1CCN(c2ccccc2OC)CC1)c1ccccc1. The first-order valence-electron chi connectivity index (χ1n) is 10.6. The van der Waals surface area contributed by atoms with Crippen molar-refractivity contribution >= 4 is 11.6 Å². The summed E-state index contributed by atoms with van der Waals surface area (Å²) in [5.74, 6) is 1.37. The van der Waals surface area contributed by atoms with E-state index < -0.39 is 0 Å². The Morgan fingerprint density at radius 3 is 2.34 bits per heavy atom. The highest BCUT2D eigenvalue weighted by molar-refractivity contribution is 5.81. The number of benzene rings is 2. The highest BCUT2D eigenvalue weighted by Gasteiger charge is 2.26. The summed E-state index contributed by atoms with van der Waals surface area (Å²) in [6, 6.07) is 18.4. The van der Waals surface area contributed by atoms with Crippen molar-refractivity contribution in [2.75, 3.05) is 44.7 Å². The van der Waals surface area contributed by atoms with Crippen LogP contribution in [-0.4, -0.2) is 56.7 Å². The molecule has 29 heavy (non-hydrogen) atoms. The van der Waals surface area contributed by atoms with Crippen molar-refractivity contribution in [2.24, 2.45) is 0 Å². The fourth-order valence-electron chi connectivity index (χ4n) is 4.00. The molecule has 5 nitrogen and oxygen atoms in total. The molecule has 2 aromatic rings. The Balaban J connectivity index is 1.51. The number of hydrogen-bond donors (Lipinski definition) is 1. The van der Waals surface area contributed by atoms with Crippen molar-refractivity contribution in [1.82, 2.24) is 10.2 Å². The van der Waals surface area contributed by atoms with Gasteiger partial charge in [0.2, 0.25) is 5.91 Å². The summed E-state index contributed by atoms with van der Waals surface area (Å²) in [7, 11) is 1.71. The second-order valence-corrected chi connectivity index (χ2v) is 7.63. The first-order chi connectivity index (χ1) is 14.1. The van der Waals surface area contributed by atoms with Crippen molar-refractivity contribution in [1.29, 1.82) is 0 Å². The first-order valence-corrected chi connectivity index (χ1v) is 10.6. The summed E-state index contributed by atoms with van der Waals surface area (Å²) < 4.78 is 5.49. The molecule has 1 heterocycles. The van der Waals surface area contributed by atoms with Gasteiger partial charge in [0.25, 0.3) is 0 Å². The summed E-state index contributed by atoms with van der Waals surface area (Å²) in [5.41, 5.74) is 2.41. The van der Waals surface area contributed by atoms with Gasteiger partial charge in [-0.15, -0.1) is 0 Å². The van der Waals surface area contributed by atoms with E-state index in [9.17, 15) is 4.79 Å². The zero-order valence-corrected chi connectivity index (χ0v) is 17.8. The zero-order valence-electron chi connectivity index (χ0n) is 17.8. The summed E-state index contributed by atoms with van der Waals surface area (Å²) >= 11 is 0. The summed E-state index contributed by atoms with van der Waals surface area (Å²) in [6.07, 6.45) is 1.01. The molecule has 1 N–H and O–H groups in total. The van der Waals surface area contributed by atoms with Crippen molar-refractivity contribution in [3.05, 3.63) is 60.2 Å². The predicted octanol–water partition coefficient (Wildman–Crippen LogP) is 3.52. The molecule has 0 unspecified atom stereocenters. The molecule has 3 rings (SSSR count). The number of hydrogen-bond acceptors (Lipinski definition) is 4. The molecule has 5 heteroatoms. The Morgan fingerprint density at radius 2 is 1.69 bits per heavy atom. The molecule has 0 spiro atoms. The summed E-state index contributed by atoms with van der Waals surface area (Å²) in [6.45, 7) is 8.37. The quantitative estimate of drug-likeness (QED) is 0.743. The normalized spacial score (nSPS) is 16.9. The molecule has 0 bridgehead atoms. The third-order valence-corrected chi connectivity index (χ3v) is 5.95. The maximum atomic E-state index is 12.8. The van der Waals surface area contributed by atoms with E-state index in [0.717, 1.165) is 44.0 Å². The Hall–Kier alpha value is -2.53. The second-order valence-electron chi connectivity index (χ2n) is 7.63. The molecule has 156 valence electrons. The zero-order chi connectivity index (χ0) is 20.6. The molecule has 0 aliphatic carbocycles. The van der Waals surface area contributed by atoms with Crippen LogP contribution in [-0.2, 0) is 4.79 Å². The van der Waals surface area contributed by atoms with E-state index >= 15 is 0 Å². The van der Waals surface area contributed by atoms with Crippen LogP contribution in [0.15, 0.2) is 54.6 Å². The van der Waals surface area contributed by atoms with Crippen LogP contribution in [0.2, 0.25) is 0 Å². The monoisotopic (exact) mass is 395 g/mol. The fourth-order valence-corrected chi connectivity index (χ4v) is 4.00. The van der Waals surface area contributed by atoms with Crippen LogP contribution in [0.5, 0.6) is 5.75 Å². The van der Waals surface area contributed by atoms with E-state index in [-0.39, 0.29) is 11.9 Å². The number of piperazine rings is 1. The lowest BCUT2D eigenvalue weighted by Crippen LogP contribution is -2.54. The molecule has 0 radical (unpaired) electrons. The number of amides is 1. The molecule has 0 saturated carbocycles. The van der Waals surface area contributed by atoms with Crippen molar-refractivity contribution < 1.29 is 9.53 Å². The number of rotatable bonds is 8. The molecule has 0 aromatic heterocycles. The van der Waals surface area contributed by atoms with E-state index in [2.05, 4.69) is 52.4 Å². The third kappa shape index (κ3) is 5.30. The molecule has 1 aliphatic rings. The van der Waals surface area contributed by atoms with Crippen LogP contribution < -0.4 is 15.0 Å². The van der Waals surface area contributed by atoms with E-state index in [1.54, 1.807) is 7.11 Å². The number of carbonyl (C=O) groups is 1. The first kappa shape index (κ1) is 21.2. The lowest BCUT2D eigenvalue weighted by atomic mass is 9.96. The summed E-state index contributed by atoms with van der Waals surface area (Å²) in [4.78, 5) is 17.4.